The molecular formula is C25H17F2N5O2S. The Labute approximate surface area is 202 Å². The van der Waals surface area contributed by atoms with E-state index in [1.54, 1.807) is 41.1 Å². The van der Waals surface area contributed by atoms with Gasteiger partial charge in [0.05, 0.1) is 27.6 Å². The summed E-state index contributed by atoms with van der Waals surface area (Å²) in [5.74, 6) is -1.91. The summed E-state index contributed by atoms with van der Waals surface area (Å²) < 4.78 is 29.0. The first-order chi connectivity index (χ1) is 16.9. The third-order valence-corrected chi connectivity index (χ3v) is 6.32. The lowest BCUT2D eigenvalue weighted by molar-refractivity contribution is 0.101. The van der Waals surface area contributed by atoms with Crippen LogP contribution in [-0.2, 0) is 0 Å². The van der Waals surface area contributed by atoms with Crippen LogP contribution in [0.3, 0.4) is 0 Å². The zero-order valence-electron chi connectivity index (χ0n) is 18.3. The summed E-state index contributed by atoms with van der Waals surface area (Å²) in [5.41, 5.74) is 1.87. The number of pyridine rings is 1. The van der Waals surface area contributed by atoms with E-state index in [0.717, 1.165) is 11.5 Å². The maximum absolute atomic E-state index is 14.0. The highest BCUT2D eigenvalue weighted by Gasteiger charge is 2.19. The average molecular weight is 490 g/mol. The maximum atomic E-state index is 14.0. The summed E-state index contributed by atoms with van der Waals surface area (Å²) in [4.78, 5) is 30.7. The summed E-state index contributed by atoms with van der Waals surface area (Å²) in [5, 5.41) is 10.6. The normalized spacial score (nSPS) is 10.9. The monoisotopic (exact) mass is 489 g/mol. The first-order valence-corrected chi connectivity index (χ1v) is 11.3. The molecule has 5 rings (SSSR count). The summed E-state index contributed by atoms with van der Waals surface area (Å²) in [6.45, 7) is 1.81. The van der Waals surface area contributed by atoms with Gasteiger partial charge in [0.1, 0.15) is 22.2 Å². The van der Waals surface area contributed by atoms with Crippen molar-refractivity contribution in [3.63, 3.8) is 0 Å². The van der Waals surface area contributed by atoms with Crippen LogP contribution in [0, 0.1) is 18.6 Å². The van der Waals surface area contributed by atoms with Crippen molar-refractivity contribution >= 4 is 44.7 Å². The number of aromatic nitrogens is 3. The van der Waals surface area contributed by atoms with E-state index in [1.165, 1.54) is 41.8 Å². The molecule has 7 nitrogen and oxygen atoms in total. The molecule has 0 unspecified atom stereocenters. The van der Waals surface area contributed by atoms with E-state index in [0.29, 0.717) is 21.1 Å². The molecule has 3 aromatic heterocycles. The first-order valence-electron chi connectivity index (χ1n) is 10.5. The molecule has 0 saturated carbocycles. The zero-order valence-corrected chi connectivity index (χ0v) is 19.1. The number of aryl methyl sites for hydroxylation is 1. The van der Waals surface area contributed by atoms with Gasteiger partial charge in [0.15, 0.2) is 0 Å². The summed E-state index contributed by atoms with van der Waals surface area (Å²) in [6.07, 6.45) is 1.48. The molecule has 3 heterocycles. The van der Waals surface area contributed by atoms with Gasteiger partial charge in [-0.1, -0.05) is 6.07 Å². The number of thiophene rings is 1. The van der Waals surface area contributed by atoms with Crippen LogP contribution in [0.15, 0.2) is 72.9 Å². The molecule has 174 valence electrons. The van der Waals surface area contributed by atoms with Crippen molar-refractivity contribution in [2.75, 3.05) is 10.6 Å². The molecule has 2 aromatic carbocycles. The molecule has 0 saturated heterocycles. The van der Waals surface area contributed by atoms with E-state index in [1.807, 2.05) is 6.92 Å². The predicted octanol–water partition coefficient (Wildman–Crippen LogP) is 5.57. The average Bonchev–Trinajstić information content (AvgIpc) is 3.42. The second-order valence-corrected chi connectivity index (χ2v) is 8.65. The standard InChI is InChI=1S/C25H17F2N5O2S/c1-14-18-13-22(35-25(18)32(31-14)17-8-5-15(26)6-9-17)24(34)30-21-12-16(27)7-10-19(21)29-23(33)20-4-2-3-11-28-20/h2-13H,1H3,(H,29,33)(H,30,34). The van der Waals surface area contributed by atoms with Crippen LogP contribution in [0.2, 0.25) is 0 Å². The number of carbonyl (C=O) groups excluding carboxylic acids is 2. The highest BCUT2D eigenvalue weighted by molar-refractivity contribution is 7.20. The largest absolute Gasteiger partial charge is 0.319 e. The molecule has 0 radical (unpaired) electrons. The Morgan fingerprint density at radius 2 is 1.63 bits per heavy atom. The van der Waals surface area contributed by atoms with Gasteiger partial charge < -0.3 is 10.6 Å². The zero-order chi connectivity index (χ0) is 24.5. The van der Waals surface area contributed by atoms with Gasteiger partial charge >= 0.3 is 0 Å². The SMILES string of the molecule is Cc1nn(-c2ccc(F)cc2)c2sc(C(=O)Nc3cc(F)ccc3NC(=O)c3ccccn3)cc12. The molecule has 10 heteroatoms. The van der Waals surface area contributed by atoms with Crippen LogP contribution < -0.4 is 10.6 Å². The third kappa shape index (κ3) is 4.51. The van der Waals surface area contributed by atoms with Crippen LogP contribution in [-0.4, -0.2) is 26.6 Å². The lowest BCUT2D eigenvalue weighted by Crippen LogP contribution is -2.17. The van der Waals surface area contributed by atoms with Crippen molar-refractivity contribution < 1.29 is 18.4 Å². The van der Waals surface area contributed by atoms with E-state index in [4.69, 9.17) is 0 Å². The smallest absolute Gasteiger partial charge is 0.274 e. The van der Waals surface area contributed by atoms with Gasteiger partial charge in [-0.15, -0.1) is 11.3 Å². The van der Waals surface area contributed by atoms with Crippen molar-refractivity contribution in [1.82, 2.24) is 14.8 Å². The minimum absolute atomic E-state index is 0.105. The highest BCUT2D eigenvalue weighted by Crippen LogP contribution is 2.32. The molecule has 0 spiro atoms. The molecular weight excluding hydrogens is 472 g/mol. The number of benzene rings is 2. The van der Waals surface area contributed by atoms with E-state index in [-0.39, 0.29) is 22.9 Å². The third-order valence-electron chi connectivity index (χ3n) is 5.22. The van der Waals surface area contributed by atoms with E-state index < -0.39 is 17.6 Å². The fourth-order valence-corrected chi connectivity index (χ4v) is 4.59. The van der Waals surface area contributed by atoms with E-state index >= 15 is 0 Å². The molecule has 35 heavy (non-hydrogen) atoms. The molecule has 2 N–H and O–H groups in total. The summed E-state index contributed by atoms with van der Waals surface area (Å²) in [6, 6.07) is 16.2. The Kier molecular flexibility index (Phi) is 5.79. The number of anilines is 2. The van der Waals surface area contributed by atoms with Crippen LogP contribution in [0.1, 0.15) is 25.9 Å². The van der Waals surface area contributed by atoms with Crippen molar-refractivity contribution in [3.05, 3.63) is 101 Å². The van der Waals surface area contributed by atoms with Crippen LogP contribution in [0.5, 0.6) is 0 Å². The van der Waals surface area contributed by atoms with Crippen molar-refractivity contribution in [1.29, 1.82) is 0 Å². The van der Waals surface area contributed by atoms with E-state index in [9.17, 15) is 18.4 Å². The topological polar surface area (TPSA) is 88.9 Å². The minimum atomic E-state index is -0.574. The van der Waals surface area contributed by atoms with Crippen molar-refractivity contribution in [2.45, 2.75) is 6.92 Å². The molecule has 5 aromatic rings. The number of rotatable bonds is 5. The lowest BCUT2D eigenvalue weighted by Gasteiger charge is -2.12. The lowest BCUT2D eigenvalue weighted by atomic mass is 10.2. The number of amides is 2. The van der Waals surface area contributed by atoms with Gasteiger partial charge in [-0.3, -0.25) is 14.6 Å². The number of hydrogen-bond donors (Lipinski definition) is 2. The molecule has 0 bridgehead atoms. The van der Waals surface area contributed by atoms with Crippen LogP contribution in [0.4, 0.5) is 20.2 Å². The quantitative estimate of drug-likeness (QED) is 0.338. The Hall–Kier alpha value is -4.44. The fraction of sp³-hybridized carbons (Fsp3) is 0.0400. The van der Waals surface area contributed by atoms with Gasteiger partial charge in [0.2, 0.25) is 0 Å². The summed E-state index contributed by atoms with van der Waals surface area (Å²) in [7, 11) is 0. The number of halogens is 2. The Bertz CT molecular complexity index is 1560. The van der Waals surface area contributed by atoms with Gasteiger partial charge in [-0.05, 0) is 67.6 Å². The summed E-state index contributed by atoms with van der Waals surface area (Å²) >= 11 is 1.20. The van der Waals surface area contributed by atoms with E-state index in [2.05, 4.69) is 20.7 Å². The molecule has 2 amide bonds. The Morgan fingerprint density at radius 3 is 2.37 bits per heavy atom. The molecule has 0 aliphatic carbocycles. The molecule has 0 atom stereocenters. The number of nitrogens with one attached hydrogen (secondary N) is 2. The number of fused-ring (bicyclic) bond motifs is 1. The molecule has 0 fully saturated rings. The van der Waals surface area contributed by atoms with Gasteiger partial charge in [-0.25, -0.2) is 13.5 Å². The number of nitrogens with zero attached hydrogens (tertiary/aromatic N) is 3. The predicted molar refractivity (Wildman–Crippen MR) is 130 cm³/mol. The number of hydrogen-bond acceptors (Lipinski definition) is 5. The number of carbonyl (C=O) groups is 2. The van der Waals surface area contributed by atoms with Crippen LogP contribution >= 0.6 is 11.3 Å². The Balaban J connectivity index is 1.43. The fourth-order valence-electron chi connectivity index (χ4n) is 3.51. The second-order valence-electron chi connectivity index (χ2n) is 7.62. The first kappa shape index (κ1) is 22.4. The van der Waals surface area contributed by atoms with Crippen LogP contribution in [0.25, 0.3) is 15.9 Å². The van der Waals surface area contributed by atoms with Crippen molar-refractivity contribution in [3.8, 4) is 5.69 Å². The Morgan fingerprint density at radius 1 is 0.886 bits per heavy atom. The second kappa shape index (κ2) is 9.07. The minimum Gasteiger partial charge on any atom is -0.319 e. The molecule has 0 aliphatic heterocycles. The van der Waals surface area contributed by atoms with Gasteiger partial charge in [0.25, 0.3) is 11.8 Å². The molecule has 0 aliphatic rings. The highest BCUT2D eigenvalue weighted by atomic mass is 32.1. The van der Waals surface area contributed by atoms with Gasteiger partial charge in [0, 0.05) is 11.6 Å². The van der Waals surface area contributed by atoms with Crippen molar-refractivity contribution in [2.24, 2.45) is 0 Å². The van der Waals surface area contributed by atoms with Gasteiger partial charge in [-0.2, -0.15) is 5.10 Å². The maximum Gasteiger partial charge on any atom is 0.274 e.